The van der Waals surface area contributed by atoms with Crippen LogP contribution < -0.4 is 5.73 Å². The fourth-order valence-corrected chi connectivity index (χ4v) is 1.45. The van der Waals surface area contributed by atoms with Gasteiger partial charge in [-0.1, -0.05) is 12.8 Å². The van der Waals surface area contributed by atoms with Crippen molar-refractivity contribution in [3.8, 4) is 0 Å². The summed E-state index contributed by atoms with van der Waals surface area (Å²) in [6.07, 6.45) is 5.41. The summed E-state index contributed by atoms with van der Waals surface area (Å²) in [6, 6.07) is 0. The molecule has 52 valence electrons. The van der Waals surface area contributed by atoms with Gasteiger partial charge in [0.1, 0.15) is 6.29 Å². The van der Waals surface area contributed by atoms with Gasteiger partial charge in [-0.05, 0) is 12.8 Å². The second-order valence-corrected chi connectivity index (χ2v) is 2.89. The van der Waals surface area contributed by atoms with Gasteiger partial charge in [-0.15, -0.1) is 0 Å². The predicted molar refractivity (Wildman–Crippen MR) is 36.0 cm³/mol. The highest BCUT2D eigenvalue weighted by molar-refractivity contribution is 5.60. The molecule has 2 N–H and O–H groups in total. The van der Waals surface area contributed by atoms with Crippen LogP contribution in [0.15, 0.2) is 0 Å². The zero-order valence-corrected chi connectivity index (χ0v) is 5.60. The highest BCUT2D eigenvalue weighted by atomic mass is 16.1. The monoisotopic (exact) mass is 127 g/mol. The van der Waals surface area contributed by atoms with Crippen LogP contribution in [0.4, 0.5) is 0 Å². The van der Waals surface area contributed by atoms with Crippen molar-refractivity contribution in [2.45, 2.75) is 25.7 Å². The van der Waals surface area contributed by atoms with E-state index in [2.05, 4.69) is 0 Å². The summed E-state index contributed by atoms with van der Waals surface area (Å²) in [5, 5.41) is 0. The number of rotatable bonds is 2. The van der Waals surface area contributed by atoms with Gasteiger partial charge >= 0.3 is 0 Å². The molecule has 0 aromatic rings. The van der Waals surface area contributed by atoms with Gasteiger partial charge in [-0.25, -0.2) is 0 Å². The Kier molecular flexibility index (Phi) is 1.86. The maximum absolute atomic E-state index is 10.5. The fraction of sp³-hybridized carbons (Fsp3) is 0.857. The molecule has 0 aliphatic heterocycles. The molecule has 1 aliphatic rings. The third-order valence-electron chi connectivity index (χ3n) is 2.26. The average Bonchev–Trinajstić information content (AvgIpc) is 2.36. The molecule has 1 rings (SSSR count). The van der Waals surface area contributed by atoms with Gasteiger partial charge in [0.2, 0.25) is 0 Å². The number of hydrogen-bond donors (Lipinski definition) is 1. The van der Waals surface area contributed by atoms with E-state index < -0.39 is 0 Å². The average molecular weight is 127 g/mol. The first-order chi connectivity index (χ1) is 4.33. The van der Waals surface area contributed by atoms with Crippen molar-refractivity contribution in [1.29, 1.82) is 0 Å². The van der Waals surface area contributed by atoms with Crippen LogP contribution in [-0.4, -0.2) is 12.8 Å². The number of hydrogen-bond acceptors (Lipinski definition) is 2. The Hall–Kier alpha value is -0.370. The van der Waals surface area contributed by atoms with Crippen molar-refractivity contribution in [2.24, 2.45) is 11.1 Å². The van der Waals surface area contributed by atoms with Crippen LogP contribution in [0.25, 0.3) is 0 Å². The Bertz CT molecular complexity index is 105. The van der Waals surface area contributed by atoms with Crippen molar-refractivity contribution >= 4 is 6.29 Å². The molecule has 1 saturated carbocycles. The first-order valence-electron chi connectivity index (χ1n) is 3.49. The molecular weight excluding hydrogens is 114 g/mol. The van der Waals surface area contributed by atoms with E-state index in [1.54, 1.807) is 0 Å². The Morgan fingerprint density at radius 3 is 2.22 bits per heavy atom. The minimum absolute atomic E-state index is 0.125. The van der Waals surface area contributed by atoms with E-state index in [0.29, 0.717) is 6.54 Å². The van der Waals surface area contributed by atoms with E-state index in [-0.39, 0.29) is 5.41 Å². The summed E-state index contributed by atoms with van der Waals surface area (Å²) in [7, 11) is 0. The largest absolute Gasteiger partial charge is 0.329 e. The molecule has 2 heteroatoms. The maximum Gasteiger partial charge on any atom is 0.127 e. The summed E-state index contributed by atoms with van der Waals surface area (Å²) >= 11 is 0. The van der Waals surface area contributed by atoms with Crippen LogP contribution in [0.2, 0.25) is 0 Å². The highest BCUT2D eigenvalue weighted by Gasteiger charge is 2.31. The molecule has 0 aromatic heterocycles. The summed E-state index contributed by atoms with van der Waals surface area (Å²) in [5.74, 6) is 0. The van der Waals surface area contributed by atoms with Crippen LogP contribution in [0, 0.1) is 5.41 Å². The third kappa shape index (κ3) is 1.13. The lowest BCUT2D eigenvalue weighted by molar-refractivity contribution is -0.115. The Labute approximate surface area is 55.4 Å². The van der Waals surface area contributed by atoms with Gasteiger partial charge in [0.15, 0.2) is 0 Å². The van der Waals surface area contributed by atoms with E-state index >= 15 is 0 Å². The second-order valence-electron chi connectivity index (χ2n) is 2.89. The normalized spacial score (nSPS) is 24.1. The molecule has 0 aromatic carbocycles. The lowest BCUT2D eigenvalue weighted by Crippen LogP contribution is -2.28. The number of nitrogens with two attached hydrogens (primary N) is 1. The zero-order valence-electron chi connectivity index (χ0n) is 5.60. The van der Waals surface area contributed by atoms with E-state index in [1.165, 1.54) is 12.8 Å². The SMILES string of the molecule is NCC1(C=O)CCCC1. The molecule has 0 saturated heterocycles. The third-order valence-corrected chi connectivity index (χ3v) is 2.26. The van der Waals surface area contributed by atoms with E-state index in [1.807, 2.05) is 0 Å². The zero-order chi connectivity index (χ0) is 6.74. The molecule has 1 aliphatic carbocycles. The number of carbonyl (C=O) groups is 1. The van der Waals surface area contributed by atoms with Gasteiger partial charge in [-0.3, -0.25) is 0 Å². The number of aldehydes is 1. The van der Waals surface area contributed by atoms with Gasteiger partial charge in [0.25, 0.3) is 0 Å². The first kappa shape index (κ1) is 6.75. The summed E-state index contributed by atoms with van der Waals surface area (Å²) in [5.41, 5.74) is 5.32. The molecule has 1 fully saturated rings. The van der Waals surface area contributed by atoms with E-state index in [4.69, 9.17) is 5.73 Å². The van der Waals surface area contributed by atoms with Crippen molar-refractivity contribution in [3.05, 3.63) is 0 Å². The molecule has 0 spiro atoms. The van der Waals surface area contributed by atoms with Crippen LogP contribution in [0.1, 0.15) is 25.7 Å². The van der Waals surface area contributed by atoms with Crippen LogP contribution in [0.3, 0.4) is 0 Å². The highest BCUT2D eigenvalue weighted by Crippen LogP contribution is 2.34. The summed E-state index contributed by atoms with van der Waals surface area (Å²) < 4.78 is 0. The van der Waals surface area contributed by atoms with Crippen molar-refractivity contribution in [1.82, 2.24) is 0 Å². The van der Waals surface area contributed by atoms with Gasteiger partial charge in [-0.2, -0.15) is 0 Å². The van der Waals surface area contributed by atoms with E-state index in [9.17, 15) is 4.79 Å². The van der Waals surface area contributed by atoms with Crippen molar-refractivity contribution in [2.75, 3.05) is 6.54 Å². The molecule has 9 heavy (non-hydrogen) atoms. The lowest BCUT2D eigenvalue weighted by atomic mass is 9.89. The molecule has 0 atom stereocenters. The van der Waals surface area contributed by atoms with E-state index in [0.717, 1.165) is 19.1 Å². The minimum atomic E-state index is -0.125. The minimum Gasteiger partial charge on any atom is -0.329 e. The van der Waals surface area contributed by atoms with Crippen LogP contribution in [-0.2, 0) is 4.79 Å². The van der Waals surface area contributed by atoms with Gasteiger partial charge < -0.3 is 10.5 Å². The van der Waals surface area contributed by atoms with Crippen LogP contribution >= 0.6 is 0 Å². The molecule has 2 nitrogen and oxygen atoms in total. The molecule has 0 radical (unpaired) electrons. The molecule has 0 unspecified atom stereocenters. The Balaban J connectivity index is 2.55. The van der Waals surface area contributed by atoms with Crippen LogP contribution in [0.5, 0.6) is 0 Å². The van der Waals surface area contributed by atoms with Gasteiger partial charge in [0, 0.05) is 12.0 Å². The maximum atomic E-state index is 10.5. The molecular formula is C7H13NO. The second kappa shape index (κ2) is 2.48. The Morgan fingerprint density at radius 2 is 2.00 bits per heavy atom. The molecule has 0 amide bonds. The van der Waals surface area contributed by atoms with Gasteiger partial charge in [0.05, 0.1) is 0 Å². The topological polar surface area (TPSA) is 43.1 Å². The quantitative estimate of drug-likeness (QED) is 0.555. The number of carbonyl (C=O) groups excluding carboxylic acids is 1. The summed E-state index contributed by atoms with van der Waals surface area (Å²) in [6.45, 7) is 0.538. The Morgan fingerprint density at radius 1 is 1.44 bits per heavy atom. The smallest absolute Gasteiger partial charge is 0.127 e. The van der Waals surface area contributed by atoms with Crippen molar-refractivity contribution < 1.29 is 4.79 Å². The first-order valence-corrected chi connectivity index (χ1v) is 3.49. The predicted octanol–water partition coefficient (Wildman–Crippen LogP) is 0.704. The van der Waals surface area contributed by atoms with Crippen molar-refractivity contribution in [3.63, 3.8) is 0 Å². The standard InChI is InChI=1S/C7H13NO/c8-5-7(6-9)3-1-2-4-7/h6H,1-5,8H2. The lowest BCUT2D eigenvalue weighted by Gasteiger charge is -2.17. The molecule has 0 heterocycles. The fourth-order valence-electron chi connectivity index (χ4n) is 1.45. The summed E-state index contributed by atoms with van der Waals surface area (Å²) in [4.78, 5) is 10.5. The molecule has 0 bridgehead atoms.